The van der Waals surface area contributed by atoms with E-state index in [1.807, 2.05) is 30.5 Å². The van der Waals surface area contributed by atoms with Crippen molar-refractivity contribution < 1.29 is 0 Å². The lowest BCUT2D eigenvalue weighted by Crippen LogP contribution is -2.23. The van der Waals surface area contributed by atoms with Gasteiger partial charge in [-0.05, 0) is 31.5 Å². The van der Waals surface area contributed by atoms with Gasteiger partial charge in [0, 0.05) is 0 Å². The number of rotatable bonds is 8. The molecular weight excluding hydrogens is 246 g/mol. The van der Waals surface area contributed by atoms with E-state index in [9.17, 15) is 0 Å². The summed E-state index contributed by atoms with van der Waals surface area (Å²) in [7, 11) is 0. The van der Waals surface area contributed by atoms with E-state index in [1.165, 1.54) is 19.3 Å². The van der Waals surface area contributed by atoms with Gasteiger partial charge in [-0.25, -0.2) is 4.98 Å². The van der Waals surface area contributed by atoms with Crippen LogP contribution >= 0.6 is 0 Å². The van der Waals surface area contributed by atoms with Gasteiger partial charge in [-0.3, -0.25) is 4.98 Å². The van der Waals surface area contributed by atoms with Gasteiger partial charge >= 0.3 is 0 Å². The molecule has 0 aliphatic heterocycles. The van der Waals surface area contributed by atoms with Crippen LogP contribution < -0.4 is 5.32 Å². The molecule has 108 valence electrons. The smallest absolute Gasteiger partial charge is 0.0890 e. The minimum Gasteiger partial charge on any atom is -0.309 e. The Labute approximate surface area is 121 Å². The number of unbranched alkanes of at least 4 members (excludes halogenated alkanes) is 2. The van der Waals surface area contributed by atoms with E-state index in [0.29, 0.717) is 6.04 Å². The molecule has 3 nitrogen and oxygen atoms in total. The van der Waals surface area contributed by atoms with Crippen LogP contribution in [0.1, 0.15) is 57.7 Å². The van der Waals surface area contributed by atoms with Crippen molar-refractivity contribution in [1.82, 2.24) is 15.3 Å². The zero-order valence-electron chi connectivity index (χ0n) is 12.6. The quantitative estimate of drug-likeness (QED) is 0.729. The molecule has 0 aliphatic carbocycles. The first-order chi connectivity index (χ1) is 9.85. The number of para-hydroxylation sites is 2. The molecule has 0 bridgehead atoms. The van der Waals surface area contributed by atoms with Crippen LogP contribution in [0, 0.1) is 0 Å². The average molecular weight is 271 g/mol. The zero-order valence-corrected chi connectivity index (χ0v) is 12.6. The Hall–Kier alpha value is -1.48. The molecule has 1 unspecified atom stereocenters. The van der Waals surface area contributed by atoms with Crippen LogP contribution in [0.2, 0.25) is 0 Å². The van der Waals surface area contributed by atoms with E-state index in [-0.39, 0.29) is 0 Å². The highest BCUT2D eigenvalue weighted by atomic mass is 14.9. The molecule has 1 heterocycles. The largest absolute Gasteiger partial charge is 0.309 e. The molecule has 0 amide bonds. The second kappa shape index (κ2) is 7.95. The Kier molecular flexibility index (Phi) is 5.93. The zero-order chi connectivity index (χ0) is 14.2. The Morgan fingerprint density at radius 2 is 1.85 bits per heavy atom. The SMILES string of the molecule is CCCCCC(NCCC)c1cnc2ccccc2n1. The maximum Gasteiger partial charge on any atom is 0.0890 e. The molecule has 1 aromatic heterocycles. The van der Waals surface area contributed by atoms with Gasteiger partial charge in [0.05, 0.1) is 29.0 Å². The van der Waals surface area contributed by atoms with Crippen molar-refractivity contribution in [3.05, 3.63) is 36.2 Å². The van der Waals surface area contributed by atoms with Crippen LogP contribution in [0.25, 0.3) is 11.0 Å². The third kappa shape index (κ3) is 4.01. The average Bonchev–Trinajstić information content (AvgIpc) is 2.50. The van der Waals surface area contributed by atoms with Gasteiger partial charge in [-0.2, -0.15) is 0 Å². The van der Waals surface area contributed by atoms with Gasteiger partial charge in [-0.1, -0.05) is 45.2 Å². The summed E-state index contributed by atoms with van der Waals surface area (Å²) in [5.74, 6) is 0. The van der Waals surface area contributed by atoms with Crippen LogP contribution in [-0.4, -0.2) is 16.5 Å². The maximum absolute atomic E-state index is 4.78. The molecule has 1 atom stereocenters. The Morgan fingerprint density at radius 1 is 1.05 bits per heavy atom. The van der Waals surface area contributed by atoms with Gasteiger partial charge < -0.3 is 5.32 Å². The second-order valence-electron chi connectivity index (χ2n) is 5.29. The number of hydrogen-bond donors (Lipinski definition) is 1. The molecule has 0 fully saturated rings. The van der Waals surface area contributed by atoms with Crippen molar-refractivity contribution in [3.8, 4) is 0 Å². The summed E-state index contributed by atoms with van der Waals surface area (Å²) < 4.78 is 0. The number of aromatic nitrogens is 2. The predicted octanol–water partition coefficient (Wildman–Crippen LogP) is 4.25. The van der Waals surface area contributed by atoms with Crippen LogP contribution in [-0.2, 0) is 0 Å². The molecule has 0 aliphatic rings. The first-order valence-electron chi connectivity index (χ1n) is 7.80. The van der Waals surface area contributed by atoms with Crippen LogP contribution in [0.3, 0.4) is 0 Å². The van der Waals surface area contributed by atoms with Crippen molar-refractivity contribution >= 4 is 11.0 Å². The lowest BCUT2D eigenvalue weighted by molar-refractivity contribution is 0.465. The molecule has 2 rings (SSSR count). The molecular formula is C17H25N3. The van der Waals surface area contributed by atoms with Gasteiger partial charge in [0.1, 0.15) is 0 Å². The molecule has 0 saturated carbocycles. The molecule has 3 heteroatoms. The molecule has 0 spiro atoms. The maximum atomic E-state index is 4.78. The number of nitrogens with one attached hydrogen (secondary N) is 1. The predicted molar refractivity (Wildman–Crippen MR) is 84.7 cm³/mol. The first-order valence-corrected chi connectivity index (χ1v) is 7.80. The summed E-state index contributed by atoms with van der Waals surface area (Å²) in [5.41, 5.74) is 3.04. The topological polar surface area (TPSA) is 37.8 Å². The highest BCUT2D eigenvalue weighted by Crippen LogP contribution is 2.20. The summed E-state index contributed by atoms with van der Waals surface area (Å²) in [6.45, 7) is 5.47. The lowest BCUT2D eigenvalue weighted by Gasteiger charge is -2.18. The van der Waals surface area contributed by atoms with Crippen molar-refractivity contribution in [2.24, 2.45) is 0 Å². The van der Waals surface area contributed by atoms with Gasteiger partial charge in [0.25, 0.3) is 0 Å². The van der Waals surface area contributed by atoms with Crippen molar-refractivity contribution in [2.75, 3.05) is 6.54 Å². The number of hydrogen-bond acceptors (Lipinski definition) is 3. The highest BCUT2D eigenvalue weighted by molar-refractivity contribution is 5.73. The first kappa shape index (κ1) is 14.9. The molecule has 2 aromatic rings. The Morgan fingerprint density at radius 3 is 2.60 bits per heavy atom. The van der Waals surface area contributed by atoms with Crippen molar-refractivity contribution in [1.29, 1.82) is 0 Å². The standard InChI is InChI=1S/C17H25N3/c1-3-5-6-9-15(18-12-4-2)17-13-19-14-10-7-8-11-16(14)20-17/h7-8,10-11,13,15,18H,3-6,9,12H2,1-2H3. The monoisotopic (exact) mass is 271 g/mol. The summed E-state index contributed by atoms with van der Waals surface area (Å²) in [5, 5.41) is 3.61. The fourth-order valence-corrected chi connectivity index (χ4v) is 2.41. The number of nitrogens with zero attached hydrogens (tertiary/aromatic N) is 2. The van der Waals surface area contributed by atoms with E-state index in [4.69, 9.17) is 4.98 Å². The Balaban J connectivity index is 2.15. The minimum absolute atomic E-state index is 0.332. The third-order valence-electron chi connectivity index (χ3n) is 3.56. The molecule has 20 heavy (non-hydrogen) atoms. The summed E-state index contributed by atoms with van der Waals surface area (Å²) >= 11 is 0. The van der Waals surface area contributed by atoms with Crippen LogP contribution in [0.4, 0.5) is 0 Å². The second-order valence-corrected chi connectivity index (χ2v) is 5.29. The summed E-state index contributed by atoms with van der Waals surface area (Å²) in [6, 6.07) is 8.40. The highest BCUT2D eigenvalue weighted by Gasteiger charge is 2.12. The summed E-state index contributed by atoms with van der Waals surface area (Å²) in [6.07, 6.45) is 8.00. The molecule has 1 aromatic carbocycles. The fourth-order valence-electron chi connectivity index (χ4n) is 2.41. The van der Waals surface area contributed by atoms with Gasteiger partial charge in [0.2, 0.25) is 0 Å². The van der Waals surface area contributed by atoms with E-state index < -0.39 is 0 Å². The molecule has 0 radical (unpaired) electrons. The third-order valence-corrected chi connectivity index (χ3v) is 3.56. The number of benzene rings is 1. The van der Waals surface area contributed by atoms with Crippen LogP contribution in [0.5, 0.6) is 0 Å². The lowest BCUT2D eigenvalue weighted by atomic mass is 10.1. The van der Waals surface area contributed by atoms with Gasteiger partial charge in [0.15, 0.2) is 0 Å². The van der Waals surface area contributed by atoms with E-state index in [2.05, 4.69) is 24.1 Å². The number of fused-ring (bicyclic) bond motifs is 1. The summed E-state index contributed by atoms with van der Waals surface area (Å²) in [4.78, 5) is 9.32. The molecule has 1 N–H and O–H groups in total. The van der Waals surface area contributed by atoms with E-state index in [1.54, 1.807) is 0 Å². The normalized spacial score (nSPS) is 12.7. The fraction of sp³-hybridized carbons (Fsp3) is 0.529. The van der Waals surface area contributed by atoms with Gasteiger partial charge in [-0.15, -0.1) is 0 Å². The van der Waals surface area contributed by atoms with E-state index in [0.717, 1.165) is 36.1 Å². The van der Waals surface area contributed by atoms with Crippen molar-refractivity contribution in [3.63, 3.8) is 0 Å². The van der Waals surface area contributed by atoms with Crippen LogP contribution in [0.15, 0.2) is 30.5 Å². The van der Waals surface area contributed by atoms with Crippen molar-refractivity contribution in [2.45, 2.75) is 52.0 Å². The molecule has 0 saturated heterocycles. The minimum atomic E-state index is 0.332. The van der Waals surface area contributed by atoms with E-state index >= 15 is 0 Å². The Bertz CT molecular complexity index is 524.